The Morgan fingerprint density at radius 2 is 1.27 bits per heavy atom. The quantitative estimate of drug-likeness (QED) is 0.250. The number of carboxylic acid groups (broad SMARTS) is 2. The van der Waals surface area contributed by atoms with Gasteiger partial charge in [0, 0.05) is 0 Å². The summed E-state index contributed by atoms with van der Waals surface area (Å²) in [5, 5.41) is 16.7. The van der Waals surface area contributed by atoms with Crippen LogP contribution in [0.5, 0.6) is 0 Å². The van der Waals surface area contributed by atoms with Gasteiger partial charge in [0.25, 0.3) is 0 Å². The van der Waals surface area contributed by atoms with Crippen molar-refractivity contribution in [3.05, 3.63) is 0 Å². The molecule has 1 N–H and O–H groups in total. The van der Waals surface area contributed by atoms with Gasteiger partial charge in [-0.25, -0.2) is 8.42 Å². The summed E-state index contributed by atoms with van der Waals surface area (Å²) >= 11 is 0. The van der Waals surface area contributed by atoms with Gasteiger partial charge in [-0.3, -0.25) is 4.55 Å². The van der Waals surface area contributed by atoms with E-state index >= 15 is 0 Å². The Hall–Kier alpha value is 0.659. The van der Waals surface area contributed by atoms with Crippen LogP contribution in [0.2, 0.25) is 0 Å². The molecule has 10 heteroatoms. The maximum atomic E-state index is 8.63. The molecule has 0 aliphatic carbocycles. The van der Waals surface area contributed by atoms with Crippen molar-refractivity contribution in [3.63, 3.8) is 0 Å². The van der Waals surface area contributed by atoms with Gasteiger partial charge in [0.05, 0.1) is 0 Å². The van der Waals surface area contributed by atoms with Gasteiger partial charge in [0.15, 0.2) is 0 Å². The van der Waals surface area contributed by atoms with E-state index < -0.39 is 16.6 Å². The number of rotatable bonds is 0. The molecule has 0 heterocycles. The molecule has 0 spiro atoms. The molecule has 0 saturated heterocycles. The summed E-state index contributed by atoms with van der Waals surface area (Å²) in [7, 11) is -4.92. The molecular formula is CHFeNaO7S. The molecule has 0 bridgehead atoms. The SMILES string of the molecule is O=C([O-])[O-].O=S(=O)([O-])O.[Fe+2].[Na+]. The van der Waals surface area contributed by atoms with Crippen LogP contribution in [0.25, 0.3) is 0 Å². The molecular weight excluding hydrogens is 235 g/mol. The molecule has 0 amide bonds. The Morgan fingerprint density at radius 1 is 1.27 bits per heavy atom. The maximum absolute atomic E-state index is 8.63. The first-order valence-electron chi connectivity index (χ1n) is 1.29. The summed E-state index contributed by atoms with van der Waals surface area (Å²) in [6, 6.07) is 0. The monoisotopic (exact) mass is 236 g/mol. The third-order valence-corrected chi connectivity index (χ3v) is 0. The van der Waals surface area contributed by atoms with Crippen molar-refractivity contribution in [1.29, 1.82) is 0 Å². The number of carbonyl (C=O) groups is 1. The van der Waals surface area contributed by atoms with Crippen LogP contribution in [-0.4, -0.2) is 23.7 Å². The van der Waals surface area contributed by atoms with Gasteiger partial charge in [-0.15, -0.1) is 0 Å². The summed E-state index contributed by atoms with van der Waals surface area (Å²) < 4.78 is 32.8. The van der Waals surface area contributed by atoms with Crippen LogP contribution in [0.15, 0.2) is 0 Å². The van der Waals surface area contributed by atoms with Gasteiger partial charge in [-0.1, -0.05) is 0 Å². The predicted molar refractivity (Wildman–Crippen MR) is 17.7 cm³/mol. The van der Waals surface area contributed by atoms with Crippen molar-refractivity contribution in [1.82, 2.24) is 0 Å². The van der Waals surface area contributed by atoms with E-state index in [0.717, 1.165) is 0 Å². The summed E-state index contributed by atoms with van der Waals surface area (Å²) in [5.74, 6) is 0. The Kier molecular flexibility index (Phi) is 21.9. The second-order valence-corrected chi connectivity index (χ2v) is 1.53. The fourth-order valence-corrected chi connectivity index (χ4v) is 0. The molecule has 11 heavy (non-hydrogen) atoms. The molecule has 0 aromatic carbocycles. The zero-order chi connectivity index (χ0) is 8.08. The van der Waals surface area contributed by atoms with Gasteiger partial charge in [-0.05, 0) is 6.16 Å². The van der Waals surface area contributed by atoms with Crippen LogP contribution in [0, 0.1) is 0 Å². The number of hydrogen-bond acceptors (Lipinski definition) is 6. The molecule has 62 valence electrons. The van der Waals surface area contributed by atoms with Crippen LogP contribution in [-0.2, 0) is 27.5 Å². The van der Waals surface area contributed by atoms with E-state index in [1.165, 1.54) is 0 Å². The maximum Gasteiger partial charge on any atom is 2.00 e. The van der Waals surface area contributed by atoms with Gasteiger partial charge in [-0.2, -0.15) is 0 Å². The fraction of sp³-hybridized carbons (Fsp3) is 0. The smallest absolute Gasteiger partial charge is 0.726 e. The molecule has 0 unspecified atom stereocenters. The normalized spacial score (nSPS) is 7.45. The van der Waals surface area contributed by atoms with Crippen LogP contribution in [0.4, 0.5) is 4.79 Å². The van der Waals surface area contributed by atoms with Gasteiger partial charge in [0.1, 0.15) is 0 Å². The standard InChI is InChI=1S/CH2O3.Fe.Na.H2O4S/c2-1(3)4;;;1-5(2,3)4/h(H2,2,3,4);;;(H2,1,2,3,4)/q;+2;+1;/p-3. The van der Waals surface area contributed by atoms with E-state index in [1.54, 1.807) is 0 Å². The summed E-state index contributed by atoms with van der Waals surface area (Å²) in [4.78, 5) is 8.33. The van der Waals surface area contributed by atoms with E-state index in [1.807, 2.05) is 0 Å². The third kappa shape index (κ3) is 1840. The minimum absolute atomic E-state index is 0. The van der Waals surface area contributed by atoms with Crippen LogP contribution < -0.4 is 39.8 Å². The minimum atomic E-state index is -4.92. The van der Waals surface area contributed by atoms with Crippen LogP contribution in [0.1, 0.15) is 0 Å². The van der Waals surface area contributed by atoms with Crippen molar-refractivity contribution < 1.29 is 79.2 Å². The molecule has 0 saturated carbocycles. The van der Waals surface area contributed by atoms with Crippen LogP contribution in [0.3, 0.4) is 0 Å². The molecule has 0 atom stereocenters. The summed E-state index contributed by atoms with van der Waals surface area (Å²) in [5.41, 5.74) is 0. The molecule has 0 aliphatic rings. The summed E-state index contributed by atoms with van der Waals surface area (Å²) in [6.45, 7) is 0. The average molecular weight is 236 g/mol. The van der Waals surface area contributed by atoms with Crippen molar-refractivity contribution in [2.24, 2.45) is 0 Å². The van der Waals surface area contributed by atoms with Crippen molar-refractivity contribution in [3.8, 4) is 0 Å². The Labute approximate surface area is 95.1 Å². The van der Waals surface area contributed by atoms with Crippen molar-refractivity contribution >= 4 is 16.6 Å². The minimum Gasteiger partial charge on any atom is -0.726 e. The van der Waals surface area contributed by atoms with E-state index in [-0.39, 0.29) is 46.6 Å². The van der Waals surface area contributed by atoms with E-state index in [2.05, 4.69) is 0 Å². The largest absolute Gasteiger partial charge is 2.00 e. The Bertz CT molecular complexity index is 161. The molecule has 7 nitrogen and oxygen atoms in total. The van der Waals surface area contributed by atoms with Gasteiger partial charge >= 0.3 is 46.6 Å². The first kappa shape index (κ1) is 22.6. The fourth-order valence-electron chi connectivity index (χ4n) is 0. The van der Waals surface area contributed by atoms with Gasteiger partial charge < -0.3 is 19.6 Å². The topological polar surface area (TPSA) is 141 Å². The van der Waals surface area contributed by atoms with Gasteiger partial charge in [0.2, 0.25) is 10.4 Å². The predicted octanol–water partition coefficient (Wildman–Crippen LogP) is -6.44. The summed E-state index contributed by atoms with van der Waals surface area (Å²) in [6.07, 6.45) is -2.33. The second kappa shape index (κ2) is 10.7. The molecule has 0 aromatic rings. The van der Waals surface area contributed by atoms with Crippen molar-refractivity contribution in [2.75, 3.05) is 0 Å². The molecule has 0 radical (unpaired) electrons. The molecule has 0 aromatic heterocycles. The number of hydrogen-bond donors (Lipinski definition) is 1. The number of carbonyl (C=O) groups excluding carboxylic acids is 1. The Morgan fingerprint density at radius 3 is 1.27 bits per heavy atom. The second-order valence-electron chi connectivity index (χ2n) is 0.678. The third-order valence-electron chi connectivity index (χ3n) is 0. The van der Waals surface area contributed by atoms with E-state index in [4.69, 9.17) is 32.5 Å². The molecule has 0 rings (SSSR count). The first-order valence-corrected chi connectivity index (χ1v) is 2.66. The van der Waals surface area contributed by atoms with E-state index in [0.29, 0.717) is 0 Å². The van der Waals surface area contributed by atoms with Crippen LogP contribution >= 0.6 is 0 Å². The average Bonchev–Trinajstić information content (AvgIpc) is 1.19. The first-order chi connectivity index (χ1) is 3.73. The van der Waals surface area contributed by atoms with E-state index in [9.17, 15) is 0 Å². The molecule has 0 aliphatic heterocycles. The Balaban J connectivity index is -0.0000000383. The zero-order valence-electron chi connectivity index (χ0n) is 5.16. The molecule has 0 fully saturated rings. The zero-order valence-corrected chi connectivity index (χ0v) is 9.08. The van der Waals surface area contributed by atoms with Crippen molar-refractivity contribution in [2.45, 2.75) is 0 Å².